The number of nitrogens with zero attached hydrogens (tertiary/aromatic N) is 1. The summed E-state index contributed by atoms with van der Waals surface area (Å²) < 4.78 is 0. The molecule has 0 saturated carbocycles. The molecular weight excluding hydrogens is 338 g/mol. The van der Waals surface area contributed by atoms with Gasteiger partial charge in [0.25, 0.3) is 0 Å². The third kappa shape index (κ3) is 11.6. The molecule has 0 spiro atoms. The Morgan fingerprint density at radius 3 is 1.68 bits per heavy atom. The maximum absolute atomic E-state index is 4.06. The van der Waals surface area contributed by atoms with Crippen LogP contribution in [0.5, 0.6) is 0 Å². The third-order valence-corrected chi connectivity index (χ3v) is 6.09. The van der Waals surface area contributed by atoms with Crippen molar-refractivity contribution in [3.8, 4) is 0 Å². The monoisotopic (exact) mass is 385 g/mol. The normalized spacial score (nSPS) is 11.5. The van der Waals surface area contributed by atoms with E-state index >= 15 is 0 Å². The van der Waals surface area contributed by atoms with Crippen LogP contribution < -0.4 is 0 Å². The lowest BCUT2D eigenvalue weighted by Crippen LogP contribution is -2.39. The average molecular weight is 386 g/mol. The van der Waals surface area contributed by atoms with Crippen LogP contribution in [0.4, 0.5) is 0 Å². The first kappa shape index (κ1) is 24.8. The van der Waals surface area contributed by atoms with Gasteiger partial charge in [-0.1, -0.05) is 127 Å². The van der Waals surface area contributed by atoms with Crippen molar-refractivity contribution >= 4 is 0 Å². The van der Waals surface area contributed by atoms with E-state index in [0.29, 0.717) is 0 Å². The molecule has 0 aliphatic heterocycles. The minimum Gasteiger partial charge on any atom is -0.369 e. The zero-order valence-corrected chi connectivity index (χ0v) is 19.2. The van der Waals surface area contributed by atoms with Crippen LogP contribution in [0, 0.1) is 0 Å². The van der Waals surface area contributed by atoms with Crippen molar-refractivity contribution in [3.63, 3.8) is 0 Å². The van der Waals surface area contributed by atoms with Crippen LogP contribution in [0.15, 0.2) is 43.1 Å². The minimum absolute atomic E-state index is 0.176. The highest BCUT2D eigenvalue weighted by Gasteiger charge is 2.23. The Bertz CT molecular complexity index is 476. The lowest BCUT2D eigenvalue weighted by Gasteiger charge is -2.38. The van der Waals surface area contributed by atoms with E-state index < -0.39 is 0 Å². The van der Waals surface area contributed by atoms with Crippen molar-refractivity contribution < 1.29 is 0 Å². The molecular formula is C27H47N. The quantitative estimate of drug-likeness (QED) is 0.228. The molecule has 0 radical (unpaired) electrons. The Morgan fingerprint density at radius 1 is 0.750 bits per heavy atom. The van der Waals surface area contributed by atoms with Crippen LogP contribution in [0.2, 0.25) is 0 Å². The summed E-state index contributed by atoms with van der Waals surface area (Å²) in [4.78, 5) is 2.41. The fourth-order valence-electron chi connectivity index (χ4n) is 4.02. The smallest absolute Gasteiger partial charge is 0.0429 e. The molecule has 0 unspecified atom stereocenters. The first-order chi connectivity index (χ1) is 13.6. The lowest BCUT2D eigenvalue weighted by atomic mass is 9.93. The van der Waals surface area contributed by atoms with Gasteiger partial charge in [0.1, 0.15) is 0 Å². The predicted molar refractivity (Wildman–Crippen MR) is 127 cm³/mol. The Labute approximate surface area is 176 Å². The van der Waals surface area contributed by atoms with Gasteiger partial charge in [0.2, 0.25) is 0 Å². The van der Waals surface area contributed by atoms with Gasteiger partial charge in [-0.05, 0) is 32.0 Å². The first-order valence-electron chi connectivity index (χ1n) is 12.0. The number of rotatable bonds is 18. The Hall–Kier alpha value is -1.24. The van der Waals surface area contributed by atoms with E-state index in [4.69, 9.17) is 0 Å². The maximum atomic E-state index is 4.06. The first-order valence-corrected chi connectivity index (χ1v) is 12.0. The van der Waals surface area contributed by atoms with Crippen molar-refractivity contribution in [3.05, 3.63) is 48.7 Å². The summed E-state index contributed by atoms with van der Waals surface area (Å²) in [7, 11) is 0. The summed E-state index contributed by atoms with van der Waals surface area (Å²) in [5.74, 6) is 0. The van der Waals surface area contributed by atoms with Crippen LogP contribution in [-0.4, -0.2) is 10.4 Å². The van der Waals surface area contributed by atoms with Crippen LogP contribution in [0.25, 0.3) is 0 Å². The number of hydrogen-bond acceptors (Lipinski definition) is 1. The molecule has 0 N–H and O–H groups in total. The summed E-state index contributed by atoms with van der Waals surface area (Å²) in [5, 5.41) is 0. The van der Waals surface area contributed by atoms with Gasteiger partial charge in [-0.15, -0.1) is 0 Å². The van der Waals surface area contributed by atoms with Gasteiger partial charge in [0, 0.05) is 12.1 Å². The van der Waals surface area contributed by atoms with Crippen molar-refractivity contribution in [1.29, 1.82) is 0 Å². The molecule has 0 aliphatic carbocycles. The molecule has 1 aromatic carbocycles. The standard InChI is InChI=1S/C27H47N/c1-5-7-8-9-10-11-12-13-14-15-16-17-21-24-27(3,4)28(6-2)25-26-22-19-18-20-23-26/h6,18-20,22-23H,2,5,7-17,21,24-25H2,1,3-4H3. The van der Waals surface area contributed by atoms with E-state index in [1.54, 1.807) is 0 Å². The Kier molecular flexibility index (Phi) is 13.9. The van der Waals surface area contributed by atoms with Crippen molar-refractivity contribution in [2.24, 2.45) is 0 Å². The molecule has 1 rings (SSSR count). The third-order valence-electron chi connectivity index (χ3n) is 6.09. The second-order valence-electron chi connectivity index (χ2n) is 9.10. The van der Waals surface area contributed by atoms with Gasteiger partial charge in [-0.2, -0.15) is 0 Å². The van der Waals surface area contributed by atoms with Gasteiger partial charge in [0.15, 0.2) is 0 Å². The zero-order chi connectivity index (χ0) is 20.5. The highest BCUT2D eigenvalue weighted by molar-refractivity contribution is 5.15. The fraction of sp³-hybridized carbons (Fsp3) is 0.704. The van der Waals surface area contributed by atoms with Crippen LogP contribution in [0.3, 0.4) is 0 Å². The van der Waals surface area contributed by atoms with E-state index in [1.165, 1.54) is 95.5 Å². The minimum atomic E-state index is 0.176. The summed E-state index contributed by atoms with van der Waals surface area (Å²) in [5.41, 5.74) is 1.54. The largest absolute Gasteiger partial charge is 0.369 e. The highest BCUT2D eigenvalue weighted by atomic mass is 15.2. The van der Waals surface area contributed by atoms with E-state index in [-0.39, 0.29) is 5.54 Å². The summed E-state index contributed by atoms with van der Waals surface area (Å²) in [6, 6.07) is 10.7. The molecule has 1 aromatic rings. The molecule has 1 heteroatoms. The van der Waals surface area contributed by atoms with Crippen molar-refractivity contribution in [2.75, 3.05) is 0 Å². The van der Waals surface area contributed by atoms with Gasteiger partial charge in [-0.3, -0.25) is 0 Å². The molecule has 28 heavy (non-hydrogen) atoms. The summed E-state index contributed by atoms with van der Waals surface area (Å²) >= 11 is 0. The summed E-state index contributed by atoms with van der Waals surface area (Å²) in [6.45, 7) is 12.0. The highest BCUT2D eigenvalue weighted by Crippen LogP contribution is 2.25. The molecule has 0 fully saturated rings. The molecule has 0 atom stereocenters. The molecule has 0 aliphatic rings. The van der Waals surface area contributed by atoms with Crippen LogP contribution in [-0.2, 0) is 6.54 Å². The Balaban J connectivity index is 2.05. The van der Waals surface area contributed by atoms with Crippen molar-refractivity contribution in [2.45, 2.75) is 123 Å². The van der Waals surface area contributed by atoms with Crippen LogP contribution in [0.1, 0.15) is 116 Å². The maximum Gasteiger partial charge on any atom is 0.0429 e. The molecule has 160 valence electrons. The molecule has 0 saturated heterocycles. The van der Waals surface area contributed by atoms with Gasteiger partial charge >= 0.3 is 0 Å². The van der Waals surface area contributed by atoms with E-state index in [1.807, 2.05) is 6.20 Å². The second kappa shape index (κ2) is 15.7. The number of unbranched alkanes of at least 4 members (excludes halogenated alkanes) is 12. The average Bonchev–Trinajstić information content (AvgIpc) is 2.70. The predicted octanol–water partition coefficient (Wildman–Crippen LogP) is 8.89. The zero-order valence-electron chi connectivity index (χ0n) is 19.2. The second-order valence-corrected chi connectivity index (χ2v) is 9.10. The number of benzene rings is 1. The fourth-order valence-corrected chi connectivity index (χ4v) is 4.02. The van der Waals surface area contributed by atoms with Gasteiger partial charge < -0.3 is 4.90 Å². The molecule has 1 nitrogen and oxygen atoms in total. The number of hydrogen-bond donors (Lipinski definition) is 0. The molecule has 0 bridgehead atoms. The van der Waals surface area contributed by atoms with E-state index in [2.05, 4.69) is 62.6 Å². The van der Waals surface area contributed by atoms with Crippen molar-refractivity contribution in [1.82, 2.24) is 4.90 Å². The summed E-state index contributed by atoms with van der Waals surface area (Å²) in [6.07, 6.45) is 21.7. The van der Waals surface area contributed by atoms with E-state index in [9.17, 15) is 0 Å². The molecule has 0 aromatic heterocycles. The molecule has 0 amide bonds. The Morgan fingerprint density at radius 2 is 1.21 bits per heavy atom. The van der Waals surface area contributed by atoms with Crippen LogP contribution >= 0.6 is 0 Å². The SMILES string of the molecule is C=CN(Cc1ccccc1)C(C)(C)CCCCCCCCCCCCCCC. The van der Waals surface area contributed by atoms with Gasteiger partial charge in [0.05, 0.1) is 0 Å². The molecule has 0 heterocycles. The lowest BCUT2D eigenvalue weighted by molar-refractivity contribution is 0.160. The van der Waals surface area contributed by atoms with E-state index in [0.717, 1.165) is 6.54 Å². The van der Waals surface area contributed by atoms with Gasteiger partial charge in [-0.25, -0.2) is 0 Å². The topological polar surface area (TPSA) is 3.24 Å².